The van der Waals surface area contributed by atoms with E-state index in [0.717, 1.165) is 26.3 Å². The maximum absolute atomic E-state index is 16.2. The Morgan fingerprint density at radius 1 is 1.20 bits per heavy atom. The summed E-state index contributed by atoms with van der Waals surface area (Å²) in [7, 11) is 0. The van der Waals surface area contributed by atoms with E-state index in [4.69, 9.17) is 5.73 Å². The Hall–Kier alpha value is -4.05. The van der Waals surface area contributed by atoms with Gasteiger partial charge < -0.3 is 15.8 Å². The van der Waals surface area contributed by atoms with Crippen LogP contribution in [-0.2, 0) is 17.6 Å². The number of pyridine rings is 1. The number of nitrogens with one attached hydrogen (secondary N) is 1. The van der Waals surface area contributed by atoms with E-state index in [0.29, 0.717) is 41.6 Å². The molecule has 0 radical (unpaired) electrons. The molecule has 0 spiro atoms. The van der Waals surface area contributed by atoms with Gasteiger partial charge in [-0.25, -0.2) is 18.1 Å². The van der Waals surface area contributed by atoms with Crippen LogP contribution in [0.25, 0.3) is 11.2 Å². The van der Waals surface area contributed by atoms with Crippen LogP contribution in [-0.4, -0.2) is 36.7 Å². The molecule has 3 aromatic heterocycles. The Kier molecular flexibility index (Phi) is 6.29. The summed E-state index contributed by atoms with van der Waals surface area (Å²) in [5, 5.41) is 10.7. The largest absolute Gasteiger partial charge is 0.390 e. The van der Waals surface area contributed by atoms with Gasteiger partial charge >= 0.3 is 5.69 Å². The minimum atomic E-state index is -1.45. The van der Waals surface area contributed by atoms with Crippen LogP contribution < -0.4 is 17.0 Å². The summed E-state index contributed by atoms with van der Waals surface area (Å²) in [5.74, 6) is -2.91. The van der Waals surface area contributed by atoms with Gasteiger partial charge in [0.2, 0.25) is 5.91 Å². The van der Waals surface area contributed by atoms with Gasteiger partial charge in [0.15, 0.2) is 0 Å². The number of H-pyrrole nitrogens is 1. The second kappa shape index (κ2) is 9.51. The number of hydrogen-bond donors (Lipinski definition) is 3. The summed E-state index contributed by atoms with van der Waals surface area (Å²) in [5.41, 5.74) is 7.75. The topological polar surface area (TPSA) is 123 Å². The summed E-state index contributed by atoms with van der Waals surface area (Å²) >= 11 is 0. The van der Waals surface area contributed by atoms with Crippen LogP contribution in [0.2, 0.25) is 0 Å². The zero-order valence-electron chi connectivity index (χ0n) is 23.1. The van der Waals surface area contributed by atoms with Crippen molar-refractivity contribution in [1.29, 1.82) is 0 Å². The molecule has 2 aliphatic rings. The molecule has 4 atom stereocenters. The monoisotopic (exact) mass is 562 g/mol. The molecule has 0 fully saturated rings. The molecule has 10 heteroatoms. The molecule has 0 aliphatic heterocycles. The van der Waals surface area contributed by atoms with Crippen molar-refractivity contribution < 1.29 is 18.7 Å². The fourth-order valence-corrected chi connectivity index (χ4v) is 6.88. The second-order valence-electron chi connectivity index (χ2n) is 11.9. The van der Waals surface area contributed by atoms with Gasteiger partial charge in [-0.3, -0.25) is 14.0 Å². The molecule has 6 rings (SSSR count). The number of aliphatic hydroxyl groups is 1. The molecule has 0 saturated heterocycles. The number of carbonyl (C=O) groups excluding carboxylic acids is 1. The Labute approximate surface area is 234 Å². The quantitative estimate of drug-likeness (QED) is 0.352. The maximum atomic E-state index is 16.2. The predicted octanol–water partition coefficient (Wildman–Crippen LogP) is 3.54. The average Bonchev–Trinajstić information content (AvgIpc) is 3.28. The average molecular weight is 563 g/mol. The molecule has 8 nitrogen and oxygen atoms in total. The molecule has 3 heterocycles. The SMILES string of the molecule is Cc1c([C@H]2c3c([nH]c4c3CC[C@H](C(C)(C)O)C4)[C@@H](C(N)=O)C[C@H]2F)cccc1-n1c(=O)cc2c(F)cccn2c1=O. The van der Waals surface area contributed by atoms with Crippen LogP contribution in [0.5, 0.6) is 0 Å². The van der Waals surface area contributed by atoms with Crippen LogP contribution in [0.4, 0.5) is 8.78 Å². The molecule has 0 unspecified atom stereocenters. The molecule has 1 aromatic carbocycles. The summed E-state index contributed by atoms with van der Waals surface area (Å²) < 4.78 is 32.6. The third kappa shape index (κ3) is 4.23. The minimum Gasteiger partial charge on any atom is -0.390 e. The third-order valence-electron chi connectivity index (χ3n) is 9.07. The zero-order chi connectivity index (χ0) is 29.4. The highest BCUT2D eigenvalue weighted by atomic mass is 19.1. The number of amides is 1. The summed E-state index contributed by atoms with van der Waals surface area (Å²) in [6.45, 7) is 5.28. The van der Waals surface area contributed by atoms with Gasteiger partial charge in [-0.05, 0) is 92.8 Å². The summed E-state index contributed by atoms with van der Waals surface area (Å²) in [6, 6.07) is 8.67. The van der Waals surface area contributed by atoms with Crippen LogP contribution >= 0.6 is 0 Å². The van der Waals surface area contributed by atoms with Crippen LogP contribution in [0.3, 0.4) is 0 Å². The number of halogens is 2. The number of nitrogens with zero attached hydrogens (tertiary/aromatic N) is 2. The normalized spacial score (nSPS) is 22.4. The molecule has 4 aromatic rings. The van der Waals surface area contributed by atoms with Crippen molar-refractivity contribution in [3.8, 4) is 5.69 Å². The molecule has 0 bridgehead atoms. The van der Waals surface area contributed by atoms with Gasteiger partial charge in [-0.2, -0.15) is 0 Å². The number of benzene rings is 1. The lowest BCUT2D eigenvalue weighted by molar-refractivity contribution is -0.120. The van der Waals surface area contributed by atoms with Crippen LogP contribution in [0.1, 0.15) is 72.2 Å². The molecular formula is C31H32F2N4O4. The Morgan fingerprint density at radius 2 is 1.95 bits per heavy atom. The number of nitrogens with two attached hydrogens (primary N) is 1. The number of aromatic nitrogens is 3. The zero-order valence-corrected chi connectivity index (χ0v) is 23.1. The van der Waals surface area contributed by atoms with Gasteiger partial charge in [0, 0.05) is 29.6 Å². The number of rotatable bonds is 4. The van der Waals surface area contributed by atoms with Gasteiger partial charge in [-0.15, -0.1) is 0 Å². The van der Waals surface area contributed by atoms with E-state index in [-0.39, 0.29) is 23.5 Å². The highest BCUT2D eigenvalue weighted by Crippen LogP contribution is 2.49. The van der Waals surface area contributed by atoms with E-state index < -0.39 is 46.6 Å². The molecule has 1 amide bonds. The third-order valence-corrected chi connectivity index (χ3v) is 9.07. The van der Waals surface area contributed by atoms with Gasteiger partial charge in [0.1, 0.15) is 12.0 Å². The molecular weight excluding hydrogens is 530 g/mol. The summed E-state index contributed by atoms with van der Waals surface area (Å²) in [4.78, 5) is 42.4. The number of primary amides is 1. The number of fused-ring (bicyclic) bond motifs is 4. The Bertz CT molecular complexity index is 1830. The van der Waals surface area contributed by atoms with E-state index in [9.17, 15) is 23.9 Å². The first-order chi connectivity index (χ1) is 19.4. The lowest BCUT2D eigenvalue weighted by Crippen LogP contribution is -2.37. The van der Waals surface area contributed by atoms with Gasteiger partial charge in [-0.1, -0.05) is 12.1 Å². The highest BCUT2D eigenvalue weighted by Gasteiger charge is 2.44. The van der Waals surface area contributed by atoms with Crippen molar-refractivity contribution in [3.05, 3.63) is 103 Å². The van der Waals surface area contributed by atoms with E-state index >= 15 is 4.39 Å². The number of aromatic amines is 1. The predicted molar refractivity (Wildman–Crippen MR) is 150 cm³/mol. The number of alkyl halides is 1. The van der Waals surface area contributed by atoms with E-state index in [1.165, 1.54) is 18.3 Å². The smallest absolute Gasteiger partial charge is 0.340 e. The van der Waals surface area contributed by atoms with Crippen molar-refractivity contribution in [2.75, 3.05) is 0 Å². The summed E-state index contributed by atoms with van der Waals surface area (Å²) in [6.07, 6.45) is 1.68. The van der Waals surface area contributed by atoms with Crippen molar-refractivity contribution >= 4 is 11.4 Å². The first kappa shape index (κ1) is 27.1. The molecule has 41 heavy (non-hydrogen) atoms. The van der Waals surface area contributed by atoms with Gasteiger partial charge in [0.25, 0.3) is 5.56 Å². The fourth-order valence-electron chi connectivity index (χ4n) is 6.88. The van der Waals surface area contributed by atoms with E-state index in [1.807, 2.05) is 0 Å². The van der Waals surface area contributed by atoms with Crippen LogP contribution in [0, 0.1) is 18.7 Å². The maximum Gasteiger partial charge on any atom is 0.340 e. The van der Waals surface area contributed by atoms with Crippen molar-refractivity contribution in [2.24, 2.45) is 11.7 Å². The lowest BCUT2D eigenvalue weighted by atomic mass is 9.70. The highest BCUT2D eigenvalue weighted by molar-refractivity contribution is 5.83. The van der Waals surface area contributed by atoms with Crippen molar-refractivity contribution in [1.82, 2.24) is 14.0 Å². The van der Waals surface area contributed by atoms with E-state index in [2.05, 4.69) is 4.98 Å². The van der Waals surface area contributed by atoms with Gasteiger partial charge in [0.05, 0.1) is 22.7 Å². The first-order valence-corrected chi connectivity index (χ1v) is 13.8. The van der Waals surface area contributed by atoms with Crippen LogP contribution in [0.15, 0.2) is 52.2 Å². The molecule has 214 valence electrons. The minimum absolute atomic E-state index is 0.00981. The van der Waals surface area contributed by atoms with Crippen molar-refractivity contribution in [3.63, 3.8) is 0 Å². The number of carbonyl (C=O) groups is 1. The lowest BCUT2D eigenvalue weighted by Gasteiger charge is -2.35. The van der Waals surface area contributed by atoms with Crippen molar-refractivity contribution in [2.45, 2.75) is 70.1 Å². The molecule has 2 aliphatic carbocycles. The first-order valence-electron chi connectivity index (χ1n) is 13.8. The fraction of sp³-hybridized carbons (Fsp3) is 0.387. The van der Waals surface area contributed by atoms with E-state index in [1.54, 1.807) is 39.0 Å². The number of hydrogen-bond acceptors (Lipinski definition) is 4. The Morgan fingerprint density at radius 3 is 2.66 bits per heavy atom. The second-order valence-corrected chi connectivity index (χ2v) is 11.9. The Balaban J connectivity index is 1.54. The molecule has 0 saturated carbocycles. The molecule has 4 N–H and O–H groups in total. The standard InChI is InChI=1S/C31H32F2N4O4/c1-15-17(6-4-8-23(15)37-25(38)14-24-20(32)7-5-11-36(24)30(37)40)26-21(33)13-19(29(34)39)28-27(26)18-10-9-16(31(2,3)41)12-22(18)35-28/h4-8,11,14,16,19,21,26,35,41H,9-10,12-13H2,1-3H3,(H2,34,39)/t16-,19-,21+,26+/m0/s1.